The van der Waals surface area contributed by atoms with Crippen molar-refractivity contribution in [2.24, 2.45) is 0 Å². The van der Waals surface area contributed by atoms with E-state index in [1.165, 1.54) is 24.0 Å². The van der Waals surface area contributed by atoms with Crippen LogP contribution in [-0.4, -0.2) is 19.8 Å². The van der Waals surface area contributed by atoms with Crippen molar-refractivity contribution < 1.29 is 9.47 Å². The number of hydrogen-bond donors (Lipinski definition) is 1. The van der Waals surface area contributed by atoms with Crippen LogP contribution in [0.1, 0.15) is 24.0 Å². The molecule has 4 heteroatoms. The molecule has 2 aromatic rings. The molecule has 0 aliphatic heterocycles. The fraction of sp³-hybridized carbons (Fsp3) is 0.368. The minimum absolute atomic E-state index is 0. The van der Waals surface area contributed by atoms with Gasteiger partial charge in [0.1, 0.15) is 0 Å². The molecule has 0 bridgehead atoms. The van der Waals surface area contributed by atoms with E-state index in [0.29, 0.717) is 12.6 Å². The van der Waals surface area contributed by atoms with Gasteiger partial charge < -0.3 is 14.8 Å². The van der Waals surface area contributed by atoms with Crippen LogP contribution in [0.2, 0.25) is 0 Å². The van der Waals surface area contributed by atoms with E-state index < -0.39 is 0 Å². The second-order valence-electron chi connectivity index (χ2n) is 5.72. The van der Waals surface area contributed by atoms with Crippen LogP contribution in [-0.2, 0) is 13.0 Å². The molecule has 3 rings (SSSR count). The van der Waals surface area contributed by atoms with Crippen LogP contribution in [0.3, 0.4) is 0 Å². The van der Waals surface area contributed by atoms with Crippen molar-refractivity contribution in [3.05, 3.63) is 59.7 Å². The van der Waals surface area contributed by atoms with Crippen LogP contribution in [0, 0.1) is 0 Å². The van der Waals surface area contributed by atoms with Crippen LogP contribution >= 0.6 is 12.4 Å². The van der Waals surface area contributed by atoms with Gasteiger partial charge in [-0.3, -0.25) is 0 Å². The number of hydrogen-bond acceptors (Lipinski definition) is 3. The second-order valence-corrected chi connectivity index (χ2v) is 5.72. The molecule has 0 aromatic heterocycles. The number of rotatable bonds is 8. The molecule has 0 spiro atoms. The Labute approximate surface area is 144 Å². The van der Waals surface area contributed by atoms with Gasteiger partial charge in [0.05, 0.1) is 13.7 Å². The predicted molar refractivity (Wildman–Crippen MR) is 95.7 cm³/mol. The quantitative estimate of drug-likeness (QED) is 0.792. The van der Waals surface area contributed by atoms with Crippen molar-refractivity contribution >= 4 is 12.4 Å². The third kappa shape index (κ3) is 5.45. The van der Waals surface area contributed by atoms with E-state index in [9.17, 15) is 0 Å². The summed E-state index contributed by atoms with van der Waals surface area (Å²) in [6.45, 7) is 1.55. The van der Waals surface area contributed by atoms with Crippen molar-refractivity contribution in [1.29, 1.82) is 0 Å². The number of nitrogens with one attached hydrogen (secondary N) is 1. The van der Waals surface area contributed by atoms with Crippen molar-refractivity contribution in [3.8, 4) is 11.5 Å². The normalized spacial score (nSPS) is 13.3. The molecule has 0 atom stereocenters. The van der Waals surface area contributed by atoms with Crippen molar-refractivity contribution in [2.45, 2.75) is 31.8 Å². The van der Waals surface area contributed by atoms with Gasteiger partial charge in [-0.05, 0) is 36.1 Å². The summed E-state index contributed by atoms with van der Waals surface area (Å²) >= 11 is 0. The van der Waals surface area contributed by atoms with Crippen molar-refractivity contribution in [1.82, 2.24) is 5.32 Å². The van der Waals surface area contributed by atoms with Crippen LogP contribution in [0.25, 0.3) is 0 Å². The molecule has 0 unspecified atom stereocenters. The van der Waals surface area contributed by atoms with E-state index >= 15 is 0 Å². The summed E-state index contributed by atoms with van der Waals surface area (Å²) in [5.41, 5.74) is 2.52. The molecule has 0 radical (unpaired) electrons. The Hall–Kier alpha value is -1.71. The molecule has 23 heavy (non-hydrogen) atoms. The van der Waals surface area contributed by atoms with Gasteiger partial charge in [0, 0.05) is 19.0 Å². The SMILES string of the molecule is COc1cc(CNC2CC2)ccc1OCCc1ccccc1.Cl. The molecule has 1 fully saturated rings. The Morgan fingerprint density at radius 1 is 1.00 bits per heavy atom. The first-order valence-corrected chi connectivity index (χ1v) is 7.92. The predicted octanol–water partition coefficient (Wildman–Crippen LogP) is 3.99. The zero-order valence-corrected chi connectivity index (χ0v) is 14.3. The minimum atomic E-state index is 0. The Morgan fingerprint density at radius 3 is 2.48 bits per heavy atom. The van der Waals surface area contributed by atoms with Gasteiger partial charge in [-0.25, -0.2) is 0 Å². The maximum atomic E-state index is 5.88. The van der Waals surface area contributed by atoms with Gasteiger partial charge >= 0.3 is 0 Å². The molecule has 2 aromatic carbocycles. The Morgan fingerprint density at radius 2 is 1.78 bits per heavy atom. The molecule has 1 aliphatic carbocycles. The molecule has 1 saturated carbocycles. The van der Waals surface area contributed by atoms with Crippen molar-refractivity contribution in [2.75, 3.05) is 13.7 Å². The largest absolute Gasteiger partial charge is 0.493 e. The highest BCUT2D eigenvalue weighted by atomic mass is 35.5. The standard InChI is InChI=1S/C19H23NO2.ClH/c1-21-19-13-16(14-20-17-8-9-17)7-10-18(19)22-12-11-15-5-3-2-4-6-15;/h2-7,10,13,17,20H,8-9,11-12,14H2,1H3;1H. The van der Waals surface area contributed by atoms with Gasteiger partial charge in [0.15, 0.2) is 11.5 Å². The molecule has 1 aliphatic rings. The fourth-order valence-electron chi connectivity index (χ4n) is 2.41. The van der Waals surface area contributed by atoms with Gasteiger partial charge in [0.2, 0.25) is 0 Å². The average molecular weight is 334 g/mol. The highest BCUT2D eigenvalue weighted by molar-refractivity contribution is 5.85. The molecular weight excluding hydrogens is 310 g/mol. The number of benzene rings is 2. The summed E-state index contributed by atoms with van der Waals surface area (Å²) in [5, 5.41) is 3.51. The van der Waals surface area contributed by atoms with Crippen LogP contribution in [0.5, 0.6) is 11.5 Å². The lowest BCUT2D eigenvalue weighted by atomic mass is 10.1. The smallest absolute Gasteiger partial charge is 0.161 e. The molecule has 3 nitrogen and oxygen atoms in total. The van der Waals surface area contributed by atoms with E-state index in [2.05, 4.69) is 41.7 Å². The number of halogens is 1. The van der Waals surface area contributed by atoms with Crippen LogP contribution in [0.4, 0.5) is 0 Å². The van der Waals surface area contributed by atoms with Crippen molar-refractivity contribution in [3.63, 3.8) is 0 Å². The summed E-state index contributed by atoms with van der Waals surface area (Å²) in [4.78, 5) is 0. The molecule has 0 amide bonds. The number of methoxy groups -OCH3 is 1. The Kier molecular flexibility index (Phi) is 6.75. The highest BCUT2D eigenvalue weighted by Gasteiger charge is 2.20. The van der Waals surface area contributed by atoms with Gasteiger partial charge in [-0.1, -0.05) is 36.4 Å². The lowest BCUT2D eigenvalue weighted by Crippen LogP contribution is -2.15. The second kappa shape index (κ2) is 8.80. The van der Waals surface area contributed by atoms with E-state index in [1.807, 2.05) is 12.1 Å². The highest BCUT2D eigenvalue weighted by Crippen LogP contribution is 2.28. The Bertz CT molecular complexity index is 600. The van der Waals surface area contributed by atoms with E-state index in [-0.39, 0.29) is 12.4 Å². The van der Waals surface area contributed by atoms with Gasteiger partial charge in [-0.15, -0.1) is 12.4 Å². The summed E-state index contributed by atoms with van der Waals surface area (Å²) < 4.78 is 11.3. The third-order valence-corrected chi connectivity index (χ3v) is 3.89. The maximum absolute atomic E-state index is 5.88. The summed E-state index contributed by atoms with van der Waals surface area (Å²) in [5.74, 6) is 1.62. The molecular formula is C19H24ClNO2. The summed E-state index contributed by atoms with van der Waals surface area (Å²) in [6, 6.07) is 17.3. The summed E-state index contributed by atoms with van der Waals surface area (Å²) in [7, 11) is 1.69. The zero-order valence-electron chi connectivity index (χ0n) is 13.5. The first kappa shape index (κ1) is 17.6. The van der Waals surface area contributed by atoms with Gasteiger partial charge in [-0.2, -0.15) is 0 Å². The maximum Gasteiger partial charge on any atom is 0.161 e. The first-order chi connectivity index (χ1) is 10.8. The topological polar surface area (TPSA) is 30.5 Å². The minimum Gasteiger partial charge on any atom is -0.493 e. The number of ether oxygens (including phenoxy) is 2. The van der Waals surface area contributed by atoms with Crippen LogP contribution in [0.15, 0.2) is 48.5 Å². The van der Waals surface area contributed by atoms with E-state index in [0.717, 1.165) is 24.5 Å². The summed E-state index contributed by atoms with van der Waals surface area (Å²) in [6.07, 6.45) is 3.50. The fourth-order valence-corrected chi connectivity index (χ4v) is 2.41. The van der Waals surface area contributed by atoms with E-state index in [4.69, 9.17) is 9.47 Å². The molecule has 0 heterocycles. The lowest BCUT2D eigenvalue weighted by molar-refractivity contribution is 0.297. The Balaban J connectivity index is 0.00000192. The monoisotopic (exact) mass is 333 g/mol. The molecule has 0 saturated heterocycles. The van der Waals surface area contributed by atoms with Gasteiger partial charge in [0.25, 0.3) is 0 Å². The van der Waals surface area contributed by atoms with Crippen LogP contribution < -0.4 is 14.8 Å². The molecule has 124 valence electrons. The van der Waals surface area contributed by atoms with E-state index in [1.54, 1.807) is 7.11 Å². The third-order valence-electron chi connectivity index (χ3n) is 3.89. The lowest BCUT2D eigenvalue weighted by Gasteiger charge is -2.12. The average Bonchev–Trinajstić information content (AvgIpc) is 3.39. The molecule has 1 N–H and O–H groups in total. The zero-order chi connectivity index (χ0) is 15.2. The first-order valence-electron chi connectivity index (χ1n) is 7.92.